The van der Waals surface area contributed by atoms with Gasteiger partial charge < -0.3 is 15.0 Å². The minimum atomic E-state index is -0.871. The van der Waals surface area contributed by atoms with Crippen LogP contribution in [0.4, 0.5) is 0 Å². The first-order valence-corrected chi connectivity index (χ1v) is 7.72. The summed E-state index contributed by atoms with van der Waals surface area (Å²) in [4.78, 5) is 27.9. The summed E-state index contributed by atoms with van der Waals surface area (Å²) in [6.45, 7) is 2.10. The molecule has 0 atom stereocenters. The van der Waals surface area contributed by atoms with E-state index < -0.39 is 5.54 Å². The van der Waals surface area contributed by atoms with Gasteiger partial charge in [0.15, 0.2) is 0 Å². The van der Waals surface area contributed by atoms with E-state index in [2.05, 4.69) is 10.3 Å². The van der Waals surface area contributed by atoms with Gasteiger partial charge in [-0.15, -0.1) is 0 Å². The zero-order valence-electron chi connectivity index (χ0n) is 12.6. The van der Waals surface area contributed by atoms with E-state index in [4.69, 9.17) is 4.74 Å². The van der Waals surface area contributed by atoms with Gasteiger partial charge >= 0.3 is 5.97 Å². The molecule has 1 saturated carbocycles. The quantitative estimate of drug-likeness (QED) is 0.853. The summed E-state index contributed by atoms with van der Waals surface area (Å²) in [5.41, 5.74) is 0.505. The van der Waals surface area contributed by atoms with Crippen LogP contribution in [-0.2, 0) is 9.53 Å². The third-order valence-corrected chi connectivity index (χ3v) is 4.25. The molecule has 0 aliphatic heterocycles. The van der Waals surface area contributed by atoms with Crippen LogP contribution in [0.3, 0.4) is 0 Å². The van der Waals surface area contributed by atoms with Gasteiger partial charge in [0.1, 0.15) is 11.2 Å². The molecule has 1 aromatic carbocycles. The number of para-hydroxylation sites is 1. The highest BCUT2D eigenvalue weighted by Gasteiger charge is 2.44. The van der Waals surface area contributed by atoms with Crippen molar-refractivity contribution >= 4 is 22.8 Å². The number of fused-ring (bicyclic) bond motifs is 1. The van der Waals surface area contributed by atoms with E-state index >= 15 is 0 Å². The maximum absolute atomic E-state index is 12.5. The lowest BCUT2D eigenvalue weighted by molar-refractivity contribution is -0.150. The van der Waals surface area contributed by atoms with Crippen molar-refractivity contribution in [2.45, 2.75) is 38.1 Å². The lowest BCUT2D eigenvalue weighted by Crippen LogP contribution is -2.53. The Bertz CT molecular complexity index is 666. The zero-order chi connectivity index (χ0) is 15.6. The molecular formula is C17H20N2O3. The van der Waals surface area contributed by atoms with Crippen molar-refractivity contribution in [1.82, 2.24) is 10.3 Å². The van der Waals surface area contributed by atoms with Crippen LogP contribution in [0, 0.1) is 0 Å². The summed E-state index contributed by atoms with van der Waals surface area (Å²) in [7, 11) is 0. The first kappa shape index (κ1) is 14.6. The number of rotatable bonds is 4. The smallest absolute Gasteiger partial charge is 0.331 e. The minimum absolute atomic E-state index is 0.258. The molecule has 0 radical (unpaired) electrons. The van der Waals surface area contributed by atoms with Gasteiger partial charge in [0.25, 0.3) is 5.91 Å². The lowest BCUT2D eigenvalue weighted by atomic mass is 9.97. The van der Waals surface area contributed by atoms with Crippen molar-refractivity contribution in [2.24, 2.45) is 0 Å². The second-order valence-electron chi connectivity index (χ2n) is 5.73. The molecule has 22 heavy (non-hydrogen) atoms. The Morgan fingerprint density at radius 2 is 2.00 bits per heavy atom. The SMILES string of the molecule is CCOC(=O)C1(NC(=O)c2cc3ccccc3[nH]2)CCCC1. The summed E-state index contributed by atoms with van der Waals surface area (Å²) in [5, 5.41) is 3.89. The van der Waals surface area contributed by atoms with Gasteiger partial charge in [-0.2, -0.15) is 0 Å². The van der Waals surface area contributed by atoms with Crippen LogP contribution in [0.25, 0.3) is 10.9 Å². The van der Waals surface area contributed by atoms with Gasteiger partial charge in [-0.3, -0.25) is 4.79 Å². The number of benzene rings is 1. The highest BCUT2D eigenvalue weighted by atomic mass is 16.5. The molecule has 1 fully saturated rings. The van der Waals surface area contributed by atoms with Gasteiger partial charge in [-0.05, 0) is 31.9 Å². The van der Waals surface area contributed by atoms with Crippen molar-refractivity contribution in [3.05, 3.63) is 36.0 Å². The van der Waals surface area contributed by atoms with Crippen LogP contribution in [-0.4, -0.2) is 29.0 Å². The molecule has 5 nitrogen and oxygen atoms in total. The van der Waals surface area contributed by atoms with Crippen molar-refractivity contribution < 1.29 is 14.3 Å². The first-order valence-electron chi connectivity index (χ1n) is 7.72. The first-order chi connectivity index (χ1) is 10.6. The van der Waals surface area contributed by atoms with Crippen molar-refractivity contribution in [2.75, 3.05) is 6.61 Å². The zero-order valence-corrected chi connectivity index (χ0v) is 12.6. The molecule has 2 N–H and O–H groups in total. The molecular weight excluding hydrogens is 280 g/mol. The maximum atomic E-state index is 12.5. The Kier molecular flexibility index (Phi) is 3.88. The van der Waals surface area contributed by atoms with Crippen LogP contribution >= 0.6 is 0 Å². The van der Waals surface area contributed by atoms with Gasteiger partial charge in [0.2, 0.25) is 0 Å². The second kappa shape index (κ2) is 5.83. The van der Waals surface area contributed by atoms with Crippen LogP contribution in [0.5, 0.6) is 0 Å². The molecule has 116 valence electrons. The number of aromatic nitrogens is 1. The fourth-order valence-electron chi connectivity index (χ4n) is 3.11. The molecule has 1 aliphatic carbocycles. The molecule has 0 unspecified atom stereocenters. The predicted octanol–water partition coefficient (Wildman–Crippen LogP) is 2.77. The van der Waals surface area contributed by atoms with E-state index in [0.717, 1.165) is 23.7 Å². The van der Waals surface area contributed by atoms with E-state index in [1.165, 1.54) is 0 Å². The predicted molar refractivity (Wildman–Crippen MR) is 83.6 cm³/mol. The van der Waals surface area contributed by atoms with E-state index in [-0.39, 0.29) is 11.9 Å². The molecule has 1 aliphatic rings. The molecule has 0 spiro atoms. The van der Waals surface area contributed by atoms with Gasteiger partial charge in [0, 0.05) is 10.9 Å². The van der Waals surface area contributed by atoms with Gasteiger partial charge in [-0.25, -0.2) is 4.79 Å². The van der Waals surface area contributed by atoms with Crippen molar-refractivity contribution in [3.8, 4) is 0 Å². The number of esters is 1. The largest absolute Gasteiger partial charge is 0.464 e. The Balaban J connectivity index is 1.83. The third-order valence-electron chi connectivity index (χ3n) is 4.25. The van der Waals surface area contributed by atoms with Crippen LogP contribution in [0.2, 0.25) is 0 Å². The van der Waals surface area contributed by atoms with Crippen molar-refractivity contribution in [1.29, 1.82) is 0 Å². The Hall–Kier alpha value is -2.30. The fourth-order valence-corrected chi connectivity index (χ4v) is 3.11. The molecule has 2 aromatic rings. The number of hydrogen-bond donors (Lipinski definition) is 2. The minimum Gasteiger partial charge on any atom is -0.464 e. The molecule has 1 amide bonds. The monoisotopic (exact) mass is 300 g/mol. The van der Waals surface area contributed by atoms with Crippen LogP contribution in [0.15, 0.2) is 30.3 Å². The van der Waals surface area contributed by atoms with Crippen molar-refractivity contribution in [3.63, 3.8) is 0 Å². The summed E-state index contributed by atoms with van der Waals surface area (Å²) in [5.74, 6) is -0.580. The number of hydrogen-bond acceptors (Lipinski definition) is 3. The molecule has 1 heterocycles. The topological polar surface area (TPSA) is 71.2 Å². The highest BCUT2D eigenvalue weighted by molar-refractivity contribution is 6.00. The fraction of sp³-hybridized carbons (Fsp3) is 0.412. The number of amides is 1. The third kappa shape index (κ3) is 2.58. The molecule has 0 saturated heterocycles. The summed E-state index contributed by atoms with van der Waals surface area (Å²) >= 11 is 0. The van der Waals surface area contributed by atoms with E-state index in [1.54, 1.807) is 13.0 Å². The summed E-state index contributed by atoms with van der Waals surface area (Å²) in [6, 6.07) is 9.51. The molecule has 5 heteroatoms. The molecule has 0 bridgehead atoms. The average molecular weight is 300 g/mol. The number of aromatic amines is 1. The Morgan fingerprint density at radius 3 is 2.68 bits per heavy atom. The maximum Gasteiger partial charge on any atom is 0.331 e. The number of carbonyl (C=O) groups is 2. The Morgan fingerprint density at radius 1 is 1.27 bits per heavy atom. The van der Waals surface area contributed by atoms with Crippen LogP contribution in [0.1, 0.15) is 43.1 Å². The number of nitrogens with one attached hydrogen (secondary N) is 2. The van der Waals surface area contributed by atoms with Gasteiger partial charge in [0.05, 0.1) is 6.61 Å². The number of ether oxygens (including phenoxy) is 1. The average Bonchev–Trinajstić information content (AvgIpc) is 3.14. The molecule has 3 rings (SSSR count). The highest BCUT2D eigenvalue weighted by Crippen LogP contribution is 2.31. The van der Waals surface area contributed by atoms with Crippen LogP contribution < -0.4 is 5.32 Å². The molecule has 1 aromatic heterocycles. The number of carbonyl (C=O) groups excluding carboxylic acids is 2. The van der Waals surface area contributed by atoms with Gasteiger partial charge in [-0.1, -0.05) is 31.0 Å². The number of H-pyrrole nitrogens is 1. The Labute approximate surface area is 129 Å². The second-order valence-corrected chi connectivity index (χ2v) is 5.73. The van der Waals surface area contributed by atoms with E-state index in [9.17, 15) is 9.59 Å². The lowest BCUT2D eigenvalue weighted by Gasteiger charge is -2.27. The van der Waals surface area contributed by atoms with E-state index in [1.807, 2.05) is 24.3 Å². The summed E-state index contributed by atoms with van der Waals surface area (Å²) in [6.07, 6.45) is 3.12. The summed E-state index contributed by atoms with van der Waals surface area (Å²) < 4.78 is 5.16. The standard InChI is InChI=1S/C17H20N2O3/c1-2-22-16(21)17(9-5-6-10-17)19-15(20)14-11-12-7-3-4-8-13(12)18-14/h3-4,7-8,11,18H,2,5-6,9-10H2,1H3,(H,19,20). The normalized spacial score (nSPS) is 16.6. The van der Waals surface area contributed by atoms with E-state index in [0.29, 0.717) is 25.1 Å².